The van der Waals surface area contributed by atoms with Crippen LogP contribution < -0.4 is 9.80 Å². The van der Waals surface area contributed by atoms with E-state index in [-0.39, 0.29) is 0 Å². The van der Waals surface area contributed by atoms with Crippen molar-refractivity contribution in [2.24, 2.45) is 0 Å². The molecule has 2 nitrogen and oxygen atoms in total. The van der Waals surface area contributed by atoms with Crippen LogP contribution in [0.4, 0.5) is 34.1 Å². The lowest BCUT2D eigenvalue weighted by Gasteiger charge is -2.31. The molecule has 0 amide bonds. The van der Waals surface area contributed by atoms with Crippen LogP contribution in [-0.2, 0) is 0 Å². The Morgan fingerprint density at radius 3 is 1.23 bits per heavy atom. The Hall–Kier alpha value is -7.94. The highest BCUT2D eigenvalue weighted by Gasteiger charge is 2.24. The molecule has 0 aliphatic carbocycles. The molecule has 0 unspecified atom stereocenters. The van der Waals surface area contributed by atoms with Crippen molar-refractivity contribution >= 4 is 110 Å². The maximum absolute atomic E-state index is 2.51. The molecule has 0 bridgehead atoms. The first kappa shape index (κ1) is 34.1. The number of fused-ring (bicyclic) bond motifs is 8. The summed E-state index contributed by atoms with van der Waals surface area (Å²) in [5.74, 6) is 0. The molecule has 0 aliphatic heterocycles. The van der Waals surface area contributed by atoms with Gasteiger partial charge in [0.2, 0.25) is 0 Å². The van der Waals surface area contributed by atoms with Crippen molar-refractivity contribution in [3.05, 3.63) is 231 Å². The van der Waals surface area contributed by atoms with E-state index >= 15 is 0 Å². The minimum atomic E-state index is 1.12. The predicted octanol–water partition coefficient (Wildman–Crippen LogP) is 16.7. The number of nitrogens with zero attached hydrogens (tertiary/aromatic N) is 2. The van der Waals surface area contributed by atoms with Crippen molar-refractivity contribution in [1.82, 2.24) is 0 Å². The zero-order valence-electron chi connectivity index (χ0n) is 32.8. The molecule has 0 N–H and O–H groups in total. The minimum absolute atomic E-state index is 1.12. The van der Waals surface area contributed by atoms with Gasteiger partial charge in [-0.05, 0) is 97.0 Å². The average molecular weight is 763 g/mol. The second-order valence-electron chi connectivity index (χ2n) is 15.7. The quantitative estimate of drug-likeness (QED) is 0.123. The first-order valence-electron chi connectivity index (χ1n) is 20.7. The fourth-order valence-electron chi connectivity index (χ4n) is 9.54. The van der Waals surface area contributed by atoms with Gasteiger partial charge in [0.15, 0.2) is 0 Å². The van der Waals surface area contributed by atoms with Gasteiger partial charge >= 0.3 is 0 Å². The van der Waals surface area contributed by atoms with Crippen LogP contribution in [-0.4, -0.2) is 0 Å². The Morgan fingerprint density at radius 2 is 0.617 bits per heavy atom. The highest BCUT2D eigenvalue weighted by molar-refractivity contribution is 6.24. The molecular formula is C58H38N2. The maximum Gasteiger partial charge on any atom is 0.0618 e. The number of rotatable bonds is 6. The van der Waals surface area contributed by atoms with Crippen molar-refractivity contribution in [1.29, 1.82) is 0 Å². The summed E-state index contributed by atoms with van der Waals surface area (Å²) in [6.45, 7) is 0. The van der Waals surface area contributed by atoms with E-state index in [1.165, 1.54) is 81.1 Å². The smallest absolute Gasteiger partial charge is 0.0618 e. The van der Waals surface area contributed by atoms with E-state index in [4.69, 9.17) is 0 Å². The van der Waals surface area contributed by atoms with Crippen LogP contribution in [0.1, 0.15) is 0 Å². The molecule has 0 aliphatic rings. The summed E-state index contributed by atoms with van der Waals surface area (Å²) in [6.07, 6.45) is 0. The van der Waals surface area contributed by atoms with E-state index in [0.29, 0.717) is 0 Å². The summed E-state index contributed by atoms with van der Waals surface area (Å²) >= 11 is 0. The van der Waals surface area contributed by atoms with Crippen molar-refractivity contribution in [2.75, 3.05) is 9.80 Å². The molecule has 12 aromatic carbocycles. The molecule has 12 aromatic rings. The van der Waals surface area contributed by atoms with Gasteiger partial charge in [-0.15, -0.1) is 0 Å². The Morgan fingerprint density at radius 1 is 0.200 bits per heavy atom. The predicted molar refractivity (Wildman–Crippen MR) is 258 cm³/mol. The third-order valence-electron chi connectivity index (χ3n) is 12.3. The molecule has 0 saturated heterocycles. The molecule has 0 saturated carbocycles. The summed E-state index contributed by atoms with van der Waals surface area (Å²) in [6, 6.07) is 84.6. The van der Waals surface area contributed by atoms with Crippen LogP contribution in [0, 0.1) is 0 Å². The van der Waals surface area contributed by atoms with Gasteiger partial charge in [-0.2, -0.15) is 0 Å². The van der Waals surface area contributed by atoms with Crippen molar-refractivity contribution < 1.29 is 0 Å². The average Bonchev–Trinajstić information content (AvgIpc) is 3.31. The van der Waals surface area contributed by atoms with Crippen LogP contribution in [0.5, 0.6) is 0 Å². The van der Waals surface area contributed by atoms with E-state index in [1.54, 1.807) is 0 Å². The van der Waals surface area contributed by atoms with Crippen LogP contribution >= 0.6 is 0 Å². The SMILES string of the molecule is c1ccc2cc(N(c3cccc4ccccc34)c3cccc4c3ccc3c(N(c5ccc6ccccc6c5)c5cccc6ccccc56)c5ccccc5cc34)ccc2c1. The van der Waals surface area contributed by atoms with Gasteiger partial charge in [0, 0.05) is 38.3 Å². The van der Waals surface area contributed by atoms with Gasteiger partial charge in [-0.3, -0.25) is 0 Å². The molecule has 0 spiro atoms. The van der Waals surface area contributed by atoms with Gasteiger partial charge in [0.25, 0.3) is 0 Å². The van der Waals surface area contributed by atoms with Gasteiger partial charge in [0.1, 0.15) is 0 Å². The monoisotopic (exact) mass is 762 g/mol. The number of benzene rings is 12. The third kappa shape index (κ3) is 5.50. The second kappa shape index (κ2) is 13.9. The van der Waals surface area contributed by atoms with Gasteiger partial charge in [0.05, 0.1) is 22.7 Å². The lowest BCUT2D eigenvalue weighted by atomic mass is 9.93. The van der Waals surface area contributed by atoms with Crippen LogP contribution in [0.15, 0.2) is 231 Å². The Kier molecular flexibility index (Phi) is 7.89. The standard InChI is InChI=1S/C58H38N2/c1-3-18-43-36-46(32-30-39(43)14-1)59(55-27-11-21-41-16-5-8-23-48(41)55)57-29-13-26-51-52(57)34-35-53-54(51)38-45-20-7-10-25-50(45)58(53)60(47-33-31-40-15-2-4-19-44(40)37-47)56-28-12-22-42-17-6-9-24-49(42)56/h1-38H. The third-order valence-corrected chi connectivity index (χ3v) is 12.3. The van der Waals surface area contributed by atoms with E-state index in [1.807, 2.05) is 0 Å². The largest absolute Gasteiger partial charge is 0.309 e. The zero-order chi connectivity index (χ0) is 39.6. The van der Waals surface area contributed by atoms with Crippen molar-refractivity contribution in [2.45, 2.75) is 0 Å². The molecule has 2 heteroatoms. The lowest BCUT2D eigenvalue weighted by Crippen LogP contribution is -2.12. The molecule has 0 fully saturated rings. The van der Waals surface area contributed by atoms with Gasteiger partial charge in [-0.25, -0.2) is 0 Å². The zero-order valence-corrected chi connectivity index (χ0v) is 32.8. The summed E-state index contributed by atoms with van der Waals surface area (Å²) in [5.41, 5.74) is 6.84. The van der Waals surface area contributed by atoms with E-state index in [0.717, 1.165) is 28.4 Å². The molecule has 0 aromatic heterocycles. The maximum atomic E-state index is 2.51. The topological polar surface area (TPSA) is 6.48 Å². The van der Waals surface area contributed by atoms with Crippen LogP contribution in [0.25, 0.3) is 75.4 Å². The van der Waals surface area contributed by atoms with Crippen LogP contribution in [0.3, 0.4) is 0 Å². The first-order chi connectivity index (χ1) is 29.8. The van der Waals surface area contributed by atoms with E-state index in [2.05, 4.69) is 240 Å². The van der Waals surface area contributed by atoms with Gasteiger partial charge in [-0.1, -0.05) is 182 Å². The van der Waals surface area contributed by atoms with Crippen LogP contribution in [0.2, 0.25) is 0 Å². The van der Waals surface area contributed by atoms with Crippen molar-refractivity contribution in [3.8, 4) is 0 Å². The molecule has 12 rings (SSSR count). The molecule has 0 atom stereocenters. The molecule has 0 heterocycles. The highest BCUT2D eigenvalue weighted by Crippen LogP contribution is 2.49. The molecule has 280 valence electrons. The summed E-state index contributed by atoms with van der Waals surface area (Å²) in [5, 5.41) is 16.9. The fraction of sp³-hybridized carbons (Fsp3) is 0. The van der Waals surface area contributed by atoms with E-state index in [9.17, 15) is 0 Å². The Bertz CT molecular complexity index is 3630. The van der Waals surface area contributed by atoms with Gasteiger partial charge < -0.3 is 9.80 Å². The molecular weight excluding hydrogens is 725 g/mol. The molecule has 60 heavy (non-hydrogen) atoms. The first-order valence-corrected chi connectivity index (χ1v) is 20.7. The summed E-state index contributed by atoms with van der Waals surface area (Å²) < 4.78 is 0. The van der Waals surface area contributed by atoms with E-state index < -0.39 is 0 Å². The highest BCUT2D eigenvalue weighted by atomic mass is 15.2. The summed E-state index contributed by atoms with van der Waals surface area (Å²) in [7, 11) is 0. The number of hydrogen-bond acceptors (Lipinski definition) is 2. The fourth-order valence-corrected chi connectivity index (χ4v) is 9.54. The lowest BCUT2D eigenvalue weighted by molar-refractivity contribution is 1.32. The molecule has 0 radical (unpaired) electrons. The Labute approximate surface area is 348 Å². The Balaban J connectivity index is 1.17. The second-order valence-corrected chi connectivity index (χ2v) is 15.7. The van der Waals surface area contributed by atoms with Crippen molar-refractivity contribution in [3.63, 3.8) is 0 Å². The minimum Gasteiger partial charge on any atom is -0.309 e. The summed E-state index contributed by atoms with van der Waals surface area (Å²) in [4.78, 5) is 4.97. The number of anilines is 6. The normalized spacial score (nSPS) is 11.7. The number of hydrogen-bond donors (Lipinski definition) is 0.